The summed E-state index contributed by atoms with van der Waals surface area (Å²) in [6.07, 6.45) is 11.4. The van der Waals surface area contributed by atoms with Crippen LogP contribution in [0.1, 0.15) is 44.1 Å². The summed E-state index contributed by atoms with van der Waals surface area (Å²) in [5.74, 6) is 0.357. The lowest BCUT2D eigenvalue weighted by molar-refractivity contribution is 0.475. The fraction of sp³-hybridized carbons (Fsp3) is 0.467. The minimum atomic E-state index is 0.357. The first-order chi connectivity index (χ1) is 7.84. The first-order valence-electron chi connectivity index (χ1n) is 6.30. The Morgan fingerprint density at radius 3 is 2.50 bits per heavy atom. The summed E-state index contributed by atoms with van der Waals surface area (Å²) >= 11 is 0. The van der Waals surface area contributed by atoms with Crippen LogP contribution in [-0.2, 0) is 6.42 Å². The highest BCUT2D eigenvalue weighted by Gasteiger charge is 2.03. The molecule has 0 aliphatic heterocycles. The van der Waals surface area contributed by atoms with Crippen LogP contribution in [0.2, 0.25) is 0 Å². The van der Waals surface area contributed by atoms with E-state index in [1.165, 1.54) is 44.1 Å². The molecule has 0 saturated carbocycles. The van der Waals surface area contributed by atoms with E-state index in [0.717, 1.165) is 6.42 Å². The van der Waals surface area contributed by atoms with Gasteiger partial charge in [-0.1, -0.05) is 36.6 Å². The van der Waals surface area contributed by atoms with Crippen molar-refractivity contribution in [3.63, 3.8) is 0 Å². The van der Waals surface area contributed by atoms with Gasteiger partial charge >= 0.3 is 0 Å². The second kappa shape index (κ2) is 5.74. The predicted molar refractivity (Wildman–Crippen MR) is 67.6 cm³/mol. The molecule has 0 aromatic heterocycles. The SMILES string of the molecule is Oc1ccc(C/C2=C/CCCCCC2)cc1. The minimum absolute atomic E-state index is 0.357. The van der Waals surface area contributed by atoms with Gasteiger partial charge in [-0.2, -0.15) is 0 Å². The zero-order chi connectivity index (χ0) is 11.2. The zero-order valence-electron chi connectivity index (χ0n) is 9.78. The van der Waals surface area contributed by atoms with Gasteiger partial charge in [0.05, 0.1) is 0 Å². The molecule has 0 atom stereocenters. The van der Waals surface area contributed by atoms with Crippen molar-refractivity contribution < 1.29 is 5.11 Å². The minimum Gasteiger partial charge on any atom is -0.508 e. The van der Waals surface area contributed by atoms with Crippen LogP contribution < -0.4 is 0 Å². The average Bonchev–Trinajstić information content (AvgIpc) is 2.25. The maximum absolute atomic E-state index is 9.23. The van der Waals surface area contributed by atoms with Crippen LogP contribution in [0.25, 0.3) is 0 Å². The van der Waals surface area contributed by atoms with E-state index in [9.17, 15) is 5.11 Å². The number of allylic oxidation sites excluding steroid dienone is 2. The van der Waals surface area contributed by atoms with E-state index in [1.807, 2.05) is 12.1 Å². The number of benzene rings is 1. The molecule has 0 spiro atoms. The average molecular weight is 216 g/mol. The molecule has 0 saturated heterocycles. The van der Waals surface area contributed by atoms with Crippen molar-refractivity contribution in [1.29, 1.82) is 0 Å². The van der Waals surface area contributed by atoms with Crippen molar-refractivity contribution in [1.82, 2.24) is 0 Å². The van der Waals surface area contributed by atoms with E-state index in [4.69, 9.17) is 0 Å². The zero-order valence-corrected chi connectivity index (χ0v) is 9.78. The Morgan fingerprint density at radius 1 is 0.938 bits per heavy atom. The van der Waals surface area contributed by atoms with Gasteiger partial charge in [-0.25, -0.2) is 0 Å². The predicted octanol–water partition coefficient (Wildman–Crippen LogP) is 4.22. The summed E-state index contributed by atoms with van der Waals surface area (Å²) in [7, 11) is 0. The lowest BCUT2D eigenvalue weighted by Gasteiger charge is -2.11. The Hall–Kier alpha value is -1.24. The first kappa shape index (κ1) is 11.3. The Kier molecular flexibility index (Phi) is 4.03. The van der Waals surface area contributed by atoms with Gasteiger partial charge in [-0.3, -0.25) is 0 Å². The smallest absolute Gasteiger partial charge is 0.115 e. The Balaban J connectivity index is 1.99. The molecule has 0 amide bonds. The molecule has 1 N–H and O–H groups in total. The number of rotatable bonds is 2. The van der Waals surface area contributed by atoms with Crippen molar-refractivity contribution in [3.8, 4) is 5.75 Å². The standard InChI is InChI=1S/C15H20O/c16-15-10-8-14(9-11-15)12-13-6-4-2-1-3-5-7-13/h6,8-11,16H,1-5,7,12H2/b13-6+. The fourth-order valence-electron chi connectivity index (χ4n) is 2.29. The third kappa shape index (κ3) is 3.41. The monoisotopic (exact) mass is 216 g/mol. The third-order valence-electron chi connectivity index (χ3n) is 3.25. The molecule has 0 unspecified atom stereocenters. The molecule has 1 aromatic rings. The van der Waals surface area contributed by atoms with Crippen molar-refractivity contribution in [2.75, 3.05) is 0 Å². The first-order valence-corrected chi connectivity index (χ1v) is 6.30. The van der Waals surface area contributed by atoms with Crippen molar-refractivity contribution >= 4 is 0 Å². The van der Waals surface area contributed by atoms with E-state index in [0.29, 0.717) is 5.75 Å². The molecule has 1 heteroatoms. The molecule has 1 aliphatic rings. The Bertz CT molecular complexity index is 348. The molecule has 1 aromatic carbocycles. The number of aromatic hydroxyl groups is 1. The second-order valence-electron chi connectivity index (χ2n) is 4.66. The van der Waals surface area contributed by atoms with Crippen LogP contribution in [0, 0.1) is 0 Å². The molecule has 16 heavy (non-hydrogen) atoms. The van der Waals surface area contributed by atoms with Gasteiger partial charge in [0.15, 0.2) is 0 Å². The summed E-state index contributed by atoms with van der Waals surface area (Å²) in [5, 5.41) is 9.23. The largest absolute Gasteiger partial charge is 0.508 e. The quantitative estimate of drug-likeness (QED) is 0.734. The molecule has 1 aliphatic carbocycles. The lowest BCUT2D eigenvalue weighted by atomic mass is 9.95. The van der Waals surface area contributed by atoms with Crippen molar-refractivity contribution in [2.24, 2.45) is 0 Å². The van der Waals surface area contributed by atoms with Crippen LogP contribution in [0.5, 0.6) is 5.75 Å². The molecule has 0 heterocycles. The molecule has 1 nitrogen and oxygen atoms in total. The summed E-state index contributed by atoms with van der Waals surface area (Å²) < 4.78 is 0. The van der Waals surface area contributed by atoms with Gasteiger partial charge in [0.25, 0.3) is 0 Å². The molecule has 86 valence electrons. The number of hydrogen-bond donors (Lipinski definition) is 1. The number of phenols is 1. The van der Waals surface area contributed by atoms with Crippen molar-refractivity contribution in [2.45, 2.75) is 44.9 Å². The van der Waals surface area contributed by atoms with Gasteiger partial charge < -0.3 is 5.11 Å². The van der Waals surface area contributed by atoms with Crippen LogP contribution in [0.4, 0.5) is 0 Å². The van der Waals surface area contributed by atoms with Gasteiger partial charge in [0.1, 0.15) is 5.75 Å². The highest BCUT2D eigenvalue weighted by atomic mass is 16.3. The molecule has 0 fully saturated rings. The highest BCUT2D eigenvalue weighted by Crippen LogP contribution is 2.21. The van der Waals surface area contributed by atoms with Crippen LogP contribution in [0.3, 0.4) is 0 Å². The summed E-state index contributed by atoms with van der Waals surface area (Å²) in [4.78, 5) is 0. The normalized spacial score (nSPS) is 20.6. The van der Waals surface area contributed by atoms with Crippen LogP contribution >= 0.6 is 0 Å². The van der Waals surface area contributed by atoms with Gasteiger partial charge in [0, 0.05) is 0 Å². The van der Waals surface area contributed by atoms with E-state index in [-0.39, 0.29) is 0 Å². The van der Waals surface area contributed by atoms with Gasteiger partial charge in [-0.15, -0.1) is 0 Å². The molecular weight excluding hydrogens is 196 g/mol. The third-order valence-corrected chi connectivity index (χ3v) is 3.25. The summed E-state index contributed by atoms with van der Waals surface area (Å²) in [5.41, 5.74) is 2.88. The summed E-state index contributed by atoms with van der Waals surface area (Å²) in [6.45, 7) is 0. The Labute approximate surface area is 97.8 Å². The highest BCUT2D eigenvalue weighted by molar-refractivity contribution is 5.29. The van der Waals surface area contributed by atoms with Gasteiger partial charge in [0.2, 0.25) is 0 Å². The summed E-state index contributed by atoms with van der Waals surface area (Å²) in [6, 6.07) is 7.60. The van der Waals surface area contributed by atoms with Gasteiger partial charge in [-0.05, 0) is 49.8 Å². The molecular formula is C15H20O. The Morgan fingerprint density at radius 2 is 1.69 bits per heavy atom. The van der Waals surface area contributed by atoms with E-state index in [2.05, 4.69) is 6.08 Å². The van der Waals surface area contributed by atoms with E-state index < -0.39 is 0 Å². The number of hydrogen-bond acceptors (Lipinski definition) is 1. The van der Waals surface area contributed by atoms with E-state index >= 15 is 0 Å². The molecule has 0 bridgehead atoms. The lowest BCUT2D eigenvalue weighted by Crippen LogP contribution is -1.94. The van der Waals surface area contributed by atoms with Crippen LogP contribution in [-0.4, -0.2) is 5.11 Å². The van der Waals surface area contributed by atoms with Crippen LogP contribution in [0.15, 0.2) is 35.9 Å². The maximum atomic E-state index is 9.23. The topological polar surface area (TPSA) is 20.2 Å². The fourth-order valence-corrected chi connectivity index (χ4v) is 2.29. The second-order valence-corrected chi connectivity index (χ2v) is 4.66. The molecule has 0 radical (unpaired) electrons. The number of phenolic OH excluding ortho intramolecular Hbond substituents is 1. The maximum Gasteiger partial charge on any atom is 0.115 e. The van der Waals surface area contributed by atoms with E-state index in [1.54, 1.807) is 17.7 Å². The molecule has 2 rings (SSSR count). The van der Waals surface area contributed by atoms with Crippen molar-refractivity contribution in [3.05, 3.63) is 41.5 Å².